The molecule has 0 aliphatic carbocycles. The summed E-state index contributed by atoms with van der Waals surface area (Å²) in [5.74, 6) is -1.81. The van der Waals surface area contributed by atoms with Crippen LogP contribution in [0.3, 0.4) is 0 Å². The van der Waals surface area contributed by atoms with Gasteiger partial charge in [0.15, 0.2) is 5.41 Å². The average molecular weight is 481 g/mol. The van der Waals surface area contributed by atoms with Crippen LogP contribution >= 0.6 is 0 Å². The zero-order valence-corrected chi connectivity index (χ0v) is 19.0. The Bertz CT molecular complexity index is 1400. The van der Waals surface area contributed by atoms with E-state index >= 15 is 0 Å². The number of nitrogens with zero attached hydrogens (tertiary/aromatic N) is 4. The molecule has 0 radical (unpaired) electrons. The molecule has 4 amide bonds. The number of carbonyl (C=O) groups excluding carboxylic acids is 3. The van der Waals surface area contributed by atoms with E-state index in [1.54, 1.807) is 12.1 Å². The van der Waals surface area contributed by atoms with Crippen molar-refractivity contribution in [3.63, 3.8) is 0 Å². The molecule has 0 bridgehead atoms. The largest absolute Gasteiger partial charge is 0.494 e. The van der Waals surface area contributed by atoms with E-state index in [2.05, 4.69) is 20.6 Å². The highest BCUT2D eigenvalue weighted by Crippen LogP contribution is 2.45. The maximum absolute atomic E-state index is 13.1. The summed E-state index contributed by atoms with van der Waals surface area (Å²) in [6.07, 6.45) is 1.20. The van der Waals surface area contributed by atoms with Gasteiger partial charge in [0, 0.05) is 38.6 Å². The Labute approximate surface area is 198 Å². The molecule has 2 aromatic rings. The van der Waals surface area contributed by atoms with Gasteiger partial charge >= 0.3 is 11.7 Å². The number of amides is 4. The number of aromatic amines is 1. The summed E-state index contributed by atoms with van der Waals surface area (Å²) in [6.45, 7) is 1.76. The molecule has 4 N–H and O–H groups in total. The van der Waals surface area contributed by atoms with E-state index in [9.17, 15) is 29.1 Å². The first kappa shape index (κ1) is 22.5. The maximum atomic E-state index is 13.1. The smallest absolute Gasteiger partial charge is 0.330 e. The highest BCUT2D eigenvalue weighted by atomic mass is 16.3. The van der Waals surface area contributed by atoms with Crippen molar-refractivity contribution in [2.24, 2.45) is 17.5 Å². The molecule has 182 valence electrons. The Morgan fingerprint density at radius 2 is 1.80 bits per heavy atom. The van der Waals surface area contributed by atoms with Gasteiger partial charge in [0.05, 0.1) is 11.7 Å². The van der Waals surface area contributed by atoms with Crippen molar-refractivity contribution < 1.29 is 19.5 Å². The number of nitrogens with one attached hydrogen (secondary N) is 3. The number of piperazine rings is 1. The minimum Gasteiger partial charge on any atom is -0.494 e. The van der Waals surface area contributed by atoms with Gasteiger partial charge in [0.2, 0.25) is 17.7 Å². The van der Waals surface area contributed by atoms with Gasteiger partial charge in [0.25, 0.3) is 5.56 Å². The Morgan fingerprint density at radius 1 is 1.09 bits per heavy atom. The number of anilines is 1. The number of barbiturate groups is 1. The minimum atomic E-state index is -1.51. The van der Waals surface area contributed by atoms with Crippen molar-refractivity contribution in [2.45, 2.75) is 12.5 Å². The number of fused-ring (bicyclic) bond motifs is 4. The zero-order chi connectivity index (χ0) is 25.1. The quantitative estimate of drug-likeness (QED) is 0.299. The van der Waals surface area contributed by atoms with Gasteiger partial charge in [-0.05, 0) is 37.2 Å². The van der Waals surface area contributed by atoms with Gasteiger partial charge < -0.3 is 14.9 Å². The number of urea groups is 1. The molecule has 1 aromatic carbocycles. The topological polar surface area (TPSA) is 169 Å². The first-order chi connectivity index (χ1) is 16.6. The monoisotopic (exact) mass is 481 g/mol. The molecule has 0 unspecified atom stereocenters. The zero-order valence-electron chi connectivity index (χ0n) is 19.0. The molecular weight excluding hydrogens is 458 g/mol. The summed E-state index contributed by atoms with van der Waals surface area (Å²) in [5, 5.41) is 14.7. The molecule has 35 heavy (non-hydrogen) atoms. The number of rotatable bonds is 2. The van der Waals surface area contributed by atoms with E-state index in [0.717, 1.165) is 23.0 Å². The van der Waals surface area contributed by atoms with Crippen molar-refractivity contribution in [1.82, 2.24) is 25.1 Å². The maximum Gasteiger partial charge on any atom is 0.330 e. The minimum absolute atomic E-state index is 0.0529. The van der Waals surface area contributed by atoms with Crippen LogP contribution in [-0.4, -0.2) is 76.3 Å². The second-order valence-corrected chi connectivity index (χ2v) is 8.98. The van der Waals surface area contributed by atoms with Crippen molar-refractivity contribution in [3.05, 3.63) is 50.2 Å². The predicted molar refractivity (Wildman–Crippen MR) is 124 cm³/mol. The summed E-state index contributed by atoms with van der Waals surface area (Å²) in [4.78, 5) is 72.2. The molecule has 1 spiro atoms. The highest BCUT2D eigenvalue weighted by molar-refractivity contribution is 6.20. The van der Waals surface area contributed by atoms with Crippen LogP contribution in [0.5, 0.6) is 5.88 Å². The lowest BCUT2D eigenvalue weighted by molar-refractivity contribution is -0.147. The highest BCUT2D eigenvalue weighted by Gasteiger charge is 2.60. The molecule has 1 atom stereocenters. The van der Waals surface area contributed by atoms with Crippen LogP contribution < -0.4 is 26.8 Å². The molecule has 5 rings (SSSR count). The third-order valence-electron chi connectivity index (χ3n) is 6.93. The van der Waals surface area contributed by atoms with Crippen LogP contribution in [0.25, 0.3) is 0 Å². The fourth-order valence-electron chi connectivity index (χ4n) is 5.03. The number of benzene rings is 1. The van der Waals surface area contributed by atoms with Crippen LogP contribution in [0, 0.1) is 5.41 Å². The van der Waals surface area contributed by atoms with Gasteiger partial charge in [0.1, 0.15) is 5.56 Å². The molecule has 0 saturated carbocycles. The summed E-state index contributed by atoms with van der Waals surface area (Å²) >= 11 is 0. The number of hydrogen-bond acceptors (Lipinski definition) is 9. The van der Waals surface area contributed by atoms with E-state index in [0.29, 0.717) is 24.3 Å². The second kappa shape index (κ2) is 7.91. The van der Waals surface area contributed by atoms with Crippen LogP contribution in [0.1, 0.15) is 11.1 Å². The second-order valence-electron chi connectivity index (χ2n) is 8.98. The Kier molecular flexibility index (Phi) is 5.09. The standard InChI is InChI=1S/C22H23N7O6/c1-27-5-6-29-14-4-3-12(23-9-13-16(30)24-21(35)28(2)17(13)31)7-11(14)8-22(15(29)10-27)18(32)25-20(34)26-19(22)33/h3-4,7,9,15,31H,5-6,8,10H2,1-2H3,(H,24,30,35)(H2,25,26,32,33,34)/t15-/m1/s1. The van der Waals surface area contributed by atoms with Crippen LogP contribution in [0.2, 0.25) is 0 Å². The molecule has 4 heterocycles. The number of hydrogen-bond donors (Lipinski definition) is 4. The third kappa shape index (κ3) is 3.43. The molecular formula is C22H23N7O6. The van der Waals surface area contributed by atoms with Crippen molar-refractivity contribution in [2.75, 3.05) is 31.6 Å². The lowest BCUT2D eigenvalue weighted by atomic mass is 9.68. The fourth-order valence-corrected chi connectivity index (χ4v) is 5.03. The molecule has 3 aliphatic rings. The van der Waals surface area contributed by atoms with Crippen LogP contribution in [0.15, 0.2) is 32.8 Å². The number of H-pyrrole nitrogens is 1. The molecule has 3 aliphatic heterocycles. The summed E-state index contributed by atoms with van der Waals surface area (Å²) in [7, 11) is 3.22. The van der Waals surface area contributed by atoms with E-state index in [1.165, 1.54) is 7.05 Å². The molecule has 1 aromatic heterocycles. The number of imide groups is 2. The Balaban J connectivity index is 1.57. The van der Waals surface area contributed by atoms with Crippen LogP contribution in [0.4, 0.5) is 16.2 Å². The number of aliphatic imine (C=N–C) groups is 1. The Morgan fingerprint density at radius 3 is 2.51 bits per heavy atom. The molecule has 13 nitrogen and oxygen atoms in total. The summed E-state index contributed by atoms with van der Waals surface area (Å²) in [6, 6.07) is 3.94. The summed E-state index contributed by atoms with van der Waals surface area (Å²) < 4.78 is 0.883. The Hall–Kier alpha value is -4.26. The first-order valence-electron chi connectivity index (χ1n) is 10.9. The van der Waals surface area contributed by atoms with Crippen molar-refractivity contribution in [3.8, 4) is 5.88 Å². The third-order valence-corrected chi connectivity index (χ3v) is 6.93. The lowest BCUT2D eigenvalue weighted by Gasteiger charge is -2.53. The predicted octanol–water partition coefficient (Wildman–Crippen LogP) is -1.44. The van der Waals surface area contributed by atoms with Gasteiger partial charge in [-0.2, -0.15) is 0 Å². The number of likely N-dealkylation sites (N-methyl/N-ethyl adjacent to an activating group) is 1. The van der Waals surface area contributed by atoms with Gasteiger partial charge in [-0.25, -0.2) is 9.59 Å². The number of carbonyl (C=O) groups is 3. The fraction of sp³-hybridized carbons (Fsp3) is 0.364. The molecule has 2 saturated heterocycles. The van der Waals surface area contributed by atoms with Crippen molar-refractivity contribution >= 4 is 35.4 Å². The first-order valence-corrected chi connectivity index (χ1v) is 10.9. The molecule has 2 fully saturated rings. The van der Waals surface area contributed by atoms with Gasteiger partial charge in [-0.1, -0.05) is 0 Å². The number of aromatic nitrogens is 2. The van der Waals surface area contributed by atoms with Crippen molar-refractivity contribution in [1.29, 1.82) is 0 Å². The SMILES string of the molecule is CN1CCN2c3ccc(N=Cc4c(O)n(C)c(=O)[nH]c4=O)cc3CC3(C(=O)NC(=O)NC3=O)[C@H]2C1. The van der Waals surface area contributed by atoms with Crippen LogP contribution in [-0.2, 0) is 23.1 Å². The molecule has 13 heteroatoms. The van der Waals surface area contributed by atoms with Gasteiger partial charge in [-0.15, -0.1) is 0 Å². The average Bonchev–Trinajstić information content (AvgIpc) is 2.80. The number of aromatic hydroxyl groups is 1. The normalized spacial score (nSPS) is 21.6. The lowest BCUT2D eigenvalue weighted by Crippen LogP contribution is -2.74. The van der Waals surface area contributed by atoms with E-state index in [4.69, 9.17) is 0 Å². The summed E-state index contributed by atoms with van der Waals surface area (Å²) in [5.41, 5.74) is -1.30. The van der Waals surface area contributed by atoms with Gasteiger partial charge in [-0.3, -0.25) is 39.6 Å². The van der Waals surface area contributed by atoms with E-state index in [-0.39, 0.29) is 12.0 Å². The van der Waals surface area contributed by atoms with E-state index in [1.807, 2.05) is 22.9 Å². The van der Waals surface area contributed by atoms with E-state index < -0.39 is 46.4 Å².